The third-order valence-electron chi connectivity index (χ3n) is 1.98. The maximum Gasteiger partial charge on any atom is 0.282 e. The second kappa shape index (κ2) is 7.30. The monoisotopic (exact) mass is 264 g/mol. The van der Waals surface area contributed by atoms with E-state index in [0.29, 0.717) is 17.3 Å². The normalized spacial score (nSPS) is 10.6. The molecule has 0 bridgehead atoms. The quantitative estimate of drug-likeness (QED) is 0.632. The standard InChI is InChI=1S/C12H13ClN4O/c1-2-6-15-12(18)11(8-14)17-16-10-5-3-4-9(13)7-10/h3-5,7,16H,2,6H2,1H3,(H,15,18)/b17-11+. The van der Waals surface area contributed by atoms with E-state index in [1.54, 1.807) is 30.3 Å². The van der Waals surface area contributed by atoms with Crippen molar-refractivity contribution in [3.05, 3.63) is 29.3 Å². The molecule has 1 rings (SSSR count). The van der Waals surface area contributed by atoms with Crippen molar-refractivity contribution in [2.24, 2.45) is 5.10 Å². The number of carbonyl (C=O) groups is 1. The highest BCUT2D eigenvalue weighted by atomic mass is 35.5. The number of hydrazone groups is 1. The average Bonchev–Trinajstić information content (AvgIpc) is 2.37. The van der Waals surface area contributed by atoms with Crippen LogP contribution in [0.15, 0.2) is 29.4 Å². The zero-order valence-electron chi connectivity index (χ0n) is 9.90. The Kier molecular flexibility index (Phi) is 5.68. The summed E-state index contributed by atoms with van der Waals surface area (Å²) in [6.07, 6.45) is 0.798. The molecule has 0 spiro atoms. The van der Waals surface area contributed by atoms with Crippen molar-refractivity contribution in [3.63, 3.8) is 0 Å². The van der Waals surface area contributed by atoms with Crippen molar-refractivity contribution < 1.29 is 4.79 Å². The third kappa shape index (κ3) is 4.44. The molecule has 2 N–H and O–H groups in total. The first kappa shape index (κ1) is 14.0. The lowest BCUT2D eigenvalue weighted by Crippen LogP contribution is -2.31. The minimum atomic E-state index is -0.492. The first-order valence-electron chi connectivity index (χ1n) is 5.45. The van der Waals surface area contributed by atoms with Crippen molar-refractivity contribution in [1.29, 1.82) is 5.26 Å². The van der Waals surface area contributed by atoms with E-state index in [2.05, 4.69) is 15.8 Å². The van der Waals surface area contributed by atoms with Crippen LogP contribution in [0.5, 0.6) is 0 Å². The Morgan fingerprint density at radius 1 is 1.56 bits per heavy atom. The summed E-state index contributed by atoms with van der Waals surface area (Å²) >= 11 is 5.79. The summed E-state index contributed by atoms with van der Waals surface area (Å²) in [4.78, 5) is 11.5. The number of nitrogens with zero attached hydrogens (tertiary/aromatic N) is 2. The molecule has 5 nitrogen and oxygen atoms in total. The summed E-state index contributed by atoms with van der Waals surface area (Å²) in [6, 6.07) is 8.57. The predicted molar refractivity (Wildman–Crippen MR) is 71.4 cm³/mol. The number of benzene rings is 1. The van der Waals surface area contributed by atoms with Gasteiger partial charge in [0, 0.05) is 11.6 Å². The number of hydrogen-bond acceptors (Lipinski definition) is 4. The zero-order chi connectivity index (χ0) is 13.4. The fraction of sp³-hybridized carbons (Fsp3) is 0.250. The van der Waals surface area contributed by atoms with Gasteiger partial charge in [-0.1, -0.05) is 24.6 Å². The number of amides is 1. The lowest BCUT2D eigenvalue weighted by atomic mass is 10.3. The molecule has 0 aliphatic carbocycles. The van der Waals surface area contributed by atoms with E-state index < -0.39 is 5.91 Å². The summed E-state index contributed by atoms with van der Waals surface area (Å²) in [7, 11) is 0. The Morgan fingerprint density at radius 3 is 2.94 bits per heavy atom. The van der Waals surface area contributed by atoms with Crippen molar-refractivity contribution in [2.75, 3.05) is 12.0 Å². The van der Waals surface area contributed by atoms with Gasteiger partial charge in [-0.2, -0.15) is 10.4 Å². The fourth-order valence-electron chi connectivity index (χ4n) is 1.13. The molecule has 0 saturated heterocycles. The number of nitrogens with one attached hydrogen (secondary N) is 2. The zero-order valence-corrected chi connectivity index (χ0v) is 10.7. The Balaban J connectivity index is 2.69. The topological polar surface area (TPSA) is 77.3 Å². The van der Waals surface area contributed by atoms with E-state index in [1.165, 1.54) is 0 Å². The highest BCUT2D eigenvalue weighted by Gasteiger charge is 2.09. The lowest BCUT2D eigenvalue weighted by molar-refractivity contribution is -0.114. The third-order valence-corrected chi connectivity index (χ3v) is 2.21. The first-order chi connectivity index (χ1) is 8.67. The predicted octanol–water partition coefficient (Wildman–Crippen LogP) is 2.16. The minimum Gasteiger partial charge on any atom is -0.350 e. The van der Waals surface area contributed by atoms with Gasteiger partial charge in [-0.3, -0.25) is 10.2 Å². The van der Waals surface area contributed by atoms with Crippen LogP contribution in [-0.4, -0.2) is 18.2 Å². The maximum atomic E-state index is 11.5. The van der Waals surface area contributed by atoms with Gasteiger partial charge in [-0.25, -0.2) is 0 Å². The maximum absolute atomic E-state index is 11.5. The van der Waals surface area contributed by atoms with Crippen molar-refractivity contribution in [2.45, 2.75) is 13.3 Å². The van der Waals surface area contributed by atoms with Crippen LogP contribution < -0.4 is 10.7 Å². The molecule has 1 aromatic rings. The largest absolute Gasteiger partial charge is 0.350 e. The van der Waals surface area contributed by atoms with Gasteiger partial charge in [0.05, 0.1) is 5.69 Å². The van der Waals surface area contributed by atoms with Crippen LogP contribution in [0.2, 0.25) is 5.02 Å². The molecule has 1 amide bonds. The number of carbonyl (C=O) groups excluding carboxylic acids is 1. The minimum absolute atomic E-state index is 0.219. The van der Waals surface area contributed by atoms with E-state index in [1.807, 2.05) is 6.92 Å². The summed E-state index contributed by atoms with van der Waals surface area (Å²) in [5.74, 6) is -0.492. The Labute approximate surface area is 110 Å². The van der Waals surface area contributed by atoms with Gasteiger partial charge in [-0.15, -0.1) is 0 Å². The van der Waals surface area contributed by atoms with Crippen molar-refractivity contribution in [3.8, 4) is 6.07 Å². The van der Waals surface area contributed by atoms with Crippen LogP contribution in [0.4, 0.5) is 5.69 Å². The van der Waals surface area contributed by atoms with E-state index in [0.717, 1.165) is 6.42 Å². The molecule has 0 aliphatic heterocycles. The van der Waals surface area contributed by atoms with Gasteiger partial charge in [-0.05, 0) is 24.6 Å². The summed E-state index contributed by atoms with van der Waals surface area (Å²) in [5.41, 5.74) is 3.00. The molecule has 0 atom stereocenters. The number of rotatable bonds is 5. The van der Waals surface area contributed by atoms with E-state index in [4.69, 9.17) is 16.9 Å². The van der Waals surface area contributed by atoms with Gasteiger partial charge in [0.15, 0.2) is 0 Å². The molecule has 18 heavy (non-hydrogen) atoms. The van der Waals surface area contributed by atoms with Crippen molar-refractivity contribution in [1.82, 2.24) is 5.32 Å². The van der Waals surface area contributed by atoms with Gasteiger partial charge in [0.2, 0.25) is 5.71 Å². The molecular weight excluding hydrogens is 252 g/mol. The smallest absolute Gasteiger partial charge is 0.282 e. The number of halogens is 1. The van der Waals surface area contributed by atoms with Gasteiger partial charge < -0.3 is 5.32 Å². The lowest BCUT2D eigenvalue weighted by Gasteiger charge is -2.03. The van der Waals surface area contributed by atoms with Crippen LogP contribution in [0, 0.1) is 11.3 Å². The molecule has 0 fully saturated rings. The van der Waals surface area contributed by atoms with Crippen LogP contribution in [0.3, 0.4) is 0 Å². The van der Waals surface area contributed by atoms with Crippen LogP contribution in [0.25, 0.3) is 0 Å². The van der Waals surface area contributed by atoms with Crippen molar-refractivity contribution >= 4 is 28.9 Å². The van der Waals surface area contributed by atoms with Crippen LogP contribution in [-0.2, 0) is 4.79 Å². The fourth-order valence-corrected chi connectivity index (χ4v) is 1.32. The molecule has 1 aromatic carbocycles. The molecule has 0 saturated carbocycles. The highest BCUT2D eigenvalue weighted by Crippen LogP contribution is 2.14. The molecule has 0 heterocycles. The summed E-state index contributed by atoms with van der Waals surface area (Å²) < 4.78 is 0. The van der Waals surface area contributed by atoms with Gasteiger partial charge >= 0.3 is 0 Å². The Morgan fingerprint density at radius 2 is 2.33 bits per heavy atom. The molecule has 0 aromatic heterocycles. The molecular formula is C12H13ClN4O. The summed E-state index contributed by atoms with van der Waals surface area (Å²) in [5, 5.41) is 15.7. The van der Waals surface area contributed by atoms with Crippen LogP contribution >= 0.6 is 11.6 Å². The number of anilines is 1. The highest BCUT2D eigenvalue weighted by molar-refractivity contribution is 6.45. The average molecular weight is 265 g/mol. The van der Waals surface area contributed by atoms with E-state index >= 15 is 0 Å². The van der Waals surface area contributed by atoms with E-state index in [-0.39, 0.29) is 5.71 Å². The summed E-state index contributed by atoms with van der Waals surface area (Å²) in [6.45, 7) is 2.43. The van der Waals surface area contributed by atoms with E-state index in [9.17, 15) is 4.79 Å². The van der Waals surface area contributed by atoms with Gasteiger partial charge in [0.25, 0.3) is 5.91 Å². The Bertz CT molecular complexity index is 493. The SMILES string of the molecule is CCCNC(=O)/C(C#N)=N/Nc1cccc(Cl)c1. The van der Waals surface area contributed by atoms with Crippen LogP contribution in [0.1, 0.15) is 13.3 Å². The Hall–Kier alpha value is -2.06. The van der Waals surface area contributed by atoms with Gasteiger partial charge in [0.1, 0.15) is 6.07 Å². The molecule has 0 aliphatic rings. The number of hydrogen-bond donors (Lipinski definition) is 2. The second-order valence-corrected chi connectivity index (χ2v) is 3.89. The molecule has 6 heteroatoms. The molecule has 94 valence electrons. The second-order valence-electron chi connectivity index (χ2n) is 3.45. The molecule has 0 unspecified atom stereocenters. The first-order valence-corrected chi connectivity index (χ1v) is 5.82. The number of nitriles is 1. The molecule has 0 radical (unpaired) electrons.